The van der Waals surface area contributed by atoms with Crippen LogP contribution in [0, 0.1) is 34.5 Å². The number of carbonyl (C=O) groups is 1. The first-order valence-electron chi connectivity index (χ1n) is 11.5. The number of pyridine rings is 1. The third-order valence-corrected chi connectivity index (χ3v) is 10.0. The average molecular weight is 556 g/mol. The monoisotopic (exact) mass is 555 g/mol. The molecule has 0 amide bonds. The molecule has 170 valence electrons. The summed E-state index contributed by atoms with van der Waals surface area (Å²) in [5, 5.41) is 0. The first-order chi connectivity index (χ1) is 14.9. The SMILES string of the molecule is COC(=O)CC1CCC2C3CC=C(c4cccnc4)C3(C)CCC2C1(C)CCOSI. The molecule has 4 rings (SSSR count). The zero-order valence-electron chi connectivity index (χ0n) is 18.8. The lowest BCUT2D eigenvalue weighted by Gasteiger charge is -2.59. The van der Waals surface area contributed by atoms with Gasteiger partial charge in [0.25, 0.3) is 0 Å². The van der Waals surface area contributed by atoms with E-state index in [9.17, 15) is 4.79 Å². The van der Waals surface area contributed by atoms with Gasteiger partial charge in [0.1, 0.15) is 0 Å². The van der Waals surface area contributed by atoms with Crippen LogP contribution in [-0.2, 0) is 13.7 Å². The van der Waals surface area contributed by atoms with Crippen molar-refractivity contribution in [2.45, 2.75) is 58.8 Å². The number of allylic oxidation sites excluding steroid dienone is 2. The van der Waals surface area contributed by atoms with Crippen LogP contribution >= 0.6 is 30.4 Å². The minimum Gasteiger partial charge on any atom is -0.469 e. The Hall–Kier alpha value is -0.600. The smallest absolute Gasteiger partial charge is 0.305 e. The maximum atomic E-state index is 12.2. The van der Waals surface area contributed by atoms with Crippen LogP contribution in [0.25, 0.3) is 5.57 Å². The lowest BCUT2D eigenvalue weighted by atomic mass is 9.46. The Balaban J connectivity index is 1.59. The molecule has 0 aromatic carbocycles. The first kappa shape index (κ1) is 23.6. The molecule has 1 aromatic heterocycles. The van der Waals surface area contributed by atoms with Gasteiger partial charge in [-0.25, -0.2) is 0 Å². The van der Waals surface area contributed by atoms with Gasteiger partial charge < -0.3 is 8.92 Å². The van der Waals surface area contributed by atoms with Crippen molar-refractivity contribution in [3.63, 3.8) is 0 Å². The zero-order chi connectivity index (χ0) is 22.1. The second-order valence-corrected chi connectivity index (χ2v) is 11.6. The molecular weight excluding hydrogens is 521 g/mol. The highest BCUT2D eigenvalue weighted by Crippen LogP contribution is 2.66. The molecule has 1 aromatic rings. The largest absolute Gasteiger partial charge is 0.469 e. The molecule has 4 nitrogen and oxygen atoms in total. The molecule has 3 aliphatic rings. The van der Waals surface area contributed by atoms with Crippen LogP contribution < -0.4 is 0 Å². The molecule has 0 spiro atoms. The molecular formula is C25H34INO3S. The van der Waals surface area contributed by atoms with Crippen LogP contribution in [0.2, 0.25) is 0 Å². The van der Waals surface area contributed by atoms with Gasteiger partial charge in [-0.05, 0) is 90.2 Å². The van der Waals surface area contributed by atoms with Gasteiger partial charge in [-0.1, -0.05) is 26.0 Å². The van der Waals surface area contributed by atoms with Gasteiger partial charge in [-0.3, -0.25) is 9.78 Å². The minimum atomic E-state index is -0.0686. The van der Waals surface area contributed by atoms with E-state index in [-0.39, 0.29) is 16.8 Å². The van der Waals surface area contributed by atoms with Crippen LogP contribution in [0.5, 0.6) is 0 Å². The van der Waals surface area contributed by atoms with Crippen molar-refractivity contribution in [1.82, 2.24) is 4.98 Å². The summed E-state index contributed by atoms with van der Waals surface area (Å²) < 4.78 is 10.8. The van der Waals surface area contributed by atoms with E-state index in [4.69, 9.17) is 8.92 Å². The maximum Gasteiger partial charge on any atom is 0.305 e. The van der Waals surface area contributed by atoms with Crippen molar-refractivity contribution in [1.29, 1.82) is 0 Å². The number of esters is 1. The van der Waals surface area contributed by atoms with Crippen molar-refractivity contribution in [2.24, 2.45) is 34.5 Å². The van der Waals surface area contributed by atoms with Crippen molar-refractivity contribution in [3.05, 3.63) is 36.2 Å². The fourth-order valence-electron chi connectivity index (χ4n) is 7.37. The number of hydrogen-bond acceptors (Lipinski definition) is 5. The van der Waals surface area contributed by atoms with E-state index in [1.807, 2.05) is 12.4 Å². The highest BCUT2D eigenvalue weighted by molar-refractivity contribution is 14.2. The number of hydrogen-bond donors (Lipinski definition) is 0. The van der Waals surface area contributed by atoms with E-state index < -0.39 is 0 Å². The fourth-order valence-corrected chi connectivity index (χ4v) is 8.06. The molecule has 31 heavy (non-hydrogen) atoms. The van der Waals surface area contributed by atoms with Gasteiger partial charge in [0.2, 0.25) is 0 Å². The second kappa shape index (κ2) is 9.72. The Bertz CT molecular complexity index is 818. The van der Waals surface area contributed by atoms with Crippen LogP contribution in [-0.4, -0.2) is 24.7 Å². The summed E-state index contributed by atoms with van der Waals surface area (Å²) in [5.41, 5.74) is 3.14. The Labute approximate surface area is 203 Å². The summed E-state index contributed by atoms with van der Waals surface area (Å²) in [6.07, 6.45) is 13.9. The number of methoxy groups -OCH3 is 1. The third-order valence-electron chi connectivity index (χ3n) is 9.03. The third kappa shape index (κ3) is 4.33. The standard InChI is InChI=1S/C25H34INO3S/c1-24(12-14-30-31-26)18(15-23(28)29-3)6-7-19-21-9-8-20(17-5-4-13-27-16-17)25(21,2)11-10-22(19)24/h4-5,8,13,16,18-19,21-22H,6-7,9-12,14-15H2,1-3H3. The molecule has 6 heteroatoms. The predicted molar refractivity (Wildman–Crippen MR) is 134 cm³/mol. The maximum absolute atomic E-state index is 12.2. The number of aromatic nitrogens is 1. The number of ether oxygens (including phenoxy) is 1. The number of rotatable bonds is 7. The summed E-state index contributed by atoms with van der Waals surface area (Å²) in [6.45, 7) is 5.67. The molecule has 2 fully saturated rings. The molecule has 6 atom stereocenters. The van der Waals surface area contributed by atoms with Crippen molar-refractivity contribution < 1.29 is 13.7 Å². The zero-order valence-corrected chi connectivity index (χ0v) is 21.8. The fraction of sp³-hybridized carbons (Fsp3) is 0.680. The summed E-state index contributed by atoms with van der Waals surface area (Å²) in [5.74, 6) is 2.33. The highest BCUT2D eigenvalue weighted by atomic mass is 127. The Morgan fingerprint density at radius 2 is 2.13 bits per heavy atom. The average Bonchev–Trinajstić information content (AvgIpc) is 3.13. The molecule has 0 saturated heterocycles. The molecule has 3 aliphatic carbocycles. The summed E-state index contributed by atoms with van der Waals surface area (Å²) >= 11 is 2.19. The van der Waals surface area contributed by atoms with Crippen molar-refractivity contribution >= 4 is 42.0 Å². The minimum absolute atomic E-state index is 0.0686. The lowest BCUT2D eigenvalue weighted by Crippen LogP contribution is -2.52. The van der Waals surface area contributed by atoms with Crippen molar-refractivity contribution in [2.75, 3.05) is 13.7 Å². The van der Waals surface area contributed by atoms with E-state index in [0.29, 0.717) is 30.1 Å². The van der Waals surface area contributed by atoms with E-state index >= 15 is 0 Å². The van der Waals surface area contributed by atoms with Gasteiger partial charge in [-0.15, -0.1) is 0 Å². The Kier molecular flexibility index (Phi) is 7.38. The quantitative estimate of drug-likeness (QED) is 0.159. The van der Waals surface area contributed by atoms with Gasteiger partial charge in [-0.2, -0.15) is 0 Å². The number of fused-ring (bicyclic) bond motifs is 3. The second-order valence-electron chi connectivity index (χ2n) is 10.1. The Morgan fingerprint density at radius 3 is 2.84 bits per heavy atom. The summed E-state index contributed by atoms with van der Waals surface area (Å²) in [7, 11) is 2.93. The topological polar surface area (TPSA) is 48.4 Å². The summed E-state index contributed by atoms with van der Waals surface area (Å²) in [6, 6.07) is 4.27. The number of nitrogens with zero attached hydrogens (tertiary/aromatic N) is 1. The molecule has 0 N–H and O–H groups in total. The Morgan fingerprint density at radius 1 is 1.29 bits per heavy atom. The first-order valence-corrected chi connectivity index (χ1v) is 14.8. The van der Waals surface area contributed by atoms with E-state index in [2.05, 4.69) is 58.2 Å². The number of carbonyl (C=O) groups excluding carboxylic acids is 1. The van der Waals surface area contributed by atoms with Gasteiger partial charge >= 0.3 is 5.97 Å². The van der Waals surface area contributed by atoms with Crippen LogP contribution in [0.15, 0.2) is 30.6 Å². The molecule has 0 radical (unpaired) electrons. The molecule has 1 heterocycles. The van der Waals surface area contributed by atoms with E-state index in [1.165, 1.54) is 53.1 Å². The van der Waals surface area contributed by atoms with Crippen LogP contribution in [0.1, 0.15) is 64.4 Å². The molecule has 6 unspecified atom stereocenters. The molecule has 0 aliphatic heterocycles. The molecule has 2 saturated carbocycles. The van der Waals surface area contributed by atoms with E-state index in [0.717, 1.165) is 19.4 Å². The van der Waals surface area contributed by atoms with Crippen LogP contribution in [0.3, 0.4) is 0 Å². The summed E-state index contributed by atoms with van der Waals surface area (Å²) in [4.78, 5) is 16.6. The van der Waals surface area contributed by atoms with Crippen molar-refractivity contribution in [3.8, 4) is 0 Å². The normalized spacial score (nSPS) is 37.0. The van der Waals surface area contributed by atoms with Gasteiger partial charge in [0, 0.05) is 40.0 Å². The highest BCUT2D eigenvalue weighted by Gasteiger charge is 2.57. The molecule has 0 bridgehead atoms. The van der Waals surface area contributed by atoms with Gasteiger partial charge in [0.05, 0.1) is 22.9 Å². The van der Waals surface area contributed by atoms with Gasteiger partial charge in [0.15, 0.2) is 0 Å². The lowest BCUT2D eigenvalue weighted by molar-refractivity contribution is -0.147. The number of halogens is 1. The predicted octanol–water partition coefficient (Wildman–Crippen LogP) is 6.90. The van der Waals surface area contributed by atoms with Crippen LogP contribution in [0.4, 0.5) is 0 Å². The van der Waals surface area contributed by atoms with E-state index in [1.54, 1.807) is 0 Å².